The van der Waals surface area contributed by atoms with E-state index in [0.29, 0.717) is 42.3 Å². The van der Waals surface area contributed by atoms with E-state index in [1.165, 1.54) is 28.4 Å². The lowest BCUT2D eigenvalue weighted by atomic mass is 10.2. The number of ether oxygens (including phenoxy) is 2. The fraction of sp³-hybridized carbons (Fsp3) is 0.310. The van der Waals surface area contributed by atoms with Gasteiger partial charge in [-0.3, -0.25) is 14.9 Å². The van der Waals surface area contributed by atoms with Gasteiger partial charge in [0.1, 0.15) is 5.75 Å². The molecule has 4 heterocycles. The minimum absolute atomic E-state index is 0.0468. The molecule has 0 spiro atoms. The quantitative estimate of drug-likeness (QED) is 0.181. The number of benzene rings is 1. The third-order valence-electron chi connectivity index (χ3n) is 6.94. The average molecular weight is 593 g/mol. The Morgan fingerprint density at radius 2 is 2.02 bits per heavy atom. The number of thiocarbonyl (C=S) groups is 1. The summed E-state index contributed by atoms with van der Waals surface area (Å²) in [5, 5.41) is 6.59. The molecule has 2 N–H and O–H groups in total. The molecule has 1 saturated heterocycles. The van der Waals surface area contributed by atoms with Crippen molar-refractivity contribution in [1.82, 2.24) is 25.1 Å². The number of carbonyl (C=O) groups excluding carboxylic acids is 1. The highest BCUT2D eigenvalue weighted by molar-refractivity contribution is 7.80. The largest absolute Gasteiger partial charge is 0.453 e. The van der Waals surface area contributed by atoms with Crippen molar-refractivity contribution in [3.8, 4) is 22.1 Å². The lowest BCUT2D eigenvalue weighted by molar-refractivity contribution is 0.199. The van der Waals surface area contributed by atoms with E-state index in [0.717, 1.165) is 52.3 Å². The second-order valence-corrected chi connectivity index (χ2v) is 11.3. The lowest BCUT2D eigenvalue weighted by Crippen LogP contribution is -2.39. The van der Waals surface area contributed by atoms with Gasteiger partial charge in [-0.05, 0) is 54.9 Å². The molecule has 3 aromatic heterocycles. The Morgan fingerprint density at radius 1 is 1.15 bits per heavy atom. The van der Waals surface area contributed by atoms with Crippen molar-refractivity contribution in [2.75, 3.05) is 38.7 Å². The first-order chi connectivity index (χ1) is 20.0. The van der Waals surface area contributed by atoms with Crippen LogP contribution in [0.5, 0.6) is 11.5 Å². The summed E-state index contributed by atoms with van der Waals surface area (Å²) >= 11 is 6.95. The summed E-state index contributed by atoms with van der Waals surface area (Å²) in [6.45, 7) is 3.39. The highest BCUT2D eigenvalue weighted by Gasteiger charge is 2.38. The number of amides is 2. The molecule has 0 bridgehead atoms. The van der Waals surface area contributed by atoms with Crippen LogP contribution in [0, 0.1) is 5.82 Å². The Morgan fingerprint density at radius 3 is 2.78 bits per heavy atom. The maximum Gasteiger partial charge on any atom is 0.328 e. The van der Waals surface area contributed by atoms with Gasteiger partial charge in [0.15, 0.2) is 16.7 Å². The monoisotopic (exact) mass is 592 g/mol. The highest BCUT2D eigenvalue weighted by atomic mass is 32.1. The topological polar surface area (TPSA) is 91.8 Å². The molecule has 2 fully saturated rings. The summed E-state index contributed by atoms with van der Waals surface area (Å²) in [6.07, 6.45) is 5.70. The molecule has 6 rings (SSSR count). The number of aromatic nitrogens is 2. The Labute approximate surface area is 246 Å². The number of rotatable bonds is 10. The van der Waals surface area contributed by atoms with Gasteiger partial charge in [0.05, 0.1) is 27.4 Å². The van der Waals surface area contributed by atoms with E-state index >= 15 is 4.39 Å². The Bertz CT molecular complexity index is 1580. The van der Waals surface area contributed by atoms with Crippen LogP contribution in [0.4, 0.5) is 14.9 Å². The molecular formula is C29H29FN6O3S2. The SMILES string of the molecule is COCCNCc1ccc(-c2cc3nccc(Oc4ccc(NC(=O)N5CCN(C6CC6)C5=S)cc4F)c3s2)nc1. The van der Waals surface area contributed by atoms with Crippen molar-refractivity contribution in [2.45, 2.75) is 25.4 Å². The number of nitrogens with zero attached hydrogens (tertiary/aromatic N) is 4. The number of urea groups is 1. The summed E-state index contributed by atoms with van der Waals surface area (Å²) in [6, 6.07) is 12.1. The van der Waals surface area contributed by atoms with Crippen LogP contribution in [0.25, 0.3) is 20.8 Å². The summed E-state index contributed by atoms with van der Waals surface area (Å²) < 4.78 is 26.9. The smallest absolute Gasteiger partial charge is 0.328 e. The van der Waals surface area contributed by atoms with Gasteiger partial charge in [0.25, 0.3) is 0 Å². The zero-order valence-corrected chi connectivity index (χ0v) is 24.1. The van der Waals surface area contributed by atoms with Gasteiger partial charge in [-0.25, -0.2) is 9.18 Å². The van der Waals surface area contributed by atoms with Crippen LogP contribution >= 0.6 is 23.6 Å². The van der Waals surface area contributed by atoms with Crippen LogP contribution in [-0.2, 0) is 11.3 Å². The van der Waals surface area contributed by atoms with E-state index in [1.54, 1.807) is 25.4 Å². The molecule has 0 radical (unpaired) electrons. The van der Waals surface area contributed by atoms with Crippen LogP contribution < -0.4 is 15.4 Å². The number of fused-ring (bicyclic) bond motifs is 1. The molecule has 2 amide bonds. The summed E-state index contributed by atoms with van der Waals surface area (Å²) in [5.74, 6) is -0.0569. The molecule has 41 heavy (non-hydrogen) atoms. The third-order valence-corrected chi connectivity index (χ3v) is 8.56. The normalized spacial score (nSPS) is 15.1. The average Bonchev–Trinajstić information content (AvgIpc) is 3.59. The van der Waals surface area contributed by atoms with Gasteiger partial charge in [0, 0.05) is 69.5 Å². The number of pyridine rings is 2. The molecule has 0 atom stereocenters. The molecule has 1 aliphatic carbocycles. The summed E-state index contributed by atoms with van der Waals surface area (Å²) in [5.41, 5.74) is 2.96. The minimum atomic E-state index is -0.593. The Balaban J connectivity index is 1.13. The van der Waals surface area contributed by atoms with Gasteiger partial charge in [-0.15, -0.1) is 11.3 Å². The van der Waals surface area contributed by atoms with Gasteiger partial charge in [0.2, 0.25) is 0 Å². The van der Waals surface area contributed by atoms with Gasteiger partial charge in [-0.1, -0.05) is 6.07 Å². The number of carbonyl (C=O) groups is 1. The van der Waals surface area contributed by atoms with Crippen molar-refractivity contribution < 1.29 is 18.7 Å². The Hall–Kier alpha value is -3.71. The van der Waals surface area contributed by atoms with Crippen molar-refractivity contribution in [2.24, 2.45) is 0 Å². The molecule has 12 heteroatoms. The maximum atomic E-state index is 15.1. The van der Waals surface area contributed by atoms with Crippen molar-refractivity contribution in [3.63, 3.8) is 0 Å². The second kappa shape index (κ2) is 12.0. The predicted octanol–water partition coefficient (Wildman–Crippen LogP) is 5.62. The molecule has 0 unspecified atom stereocenters. The molecule has 212 valence electrons. The molecule has 1 aliphatic heterocycles. The minimum Gasteiger partial charge on any atom is -0.453 e. The van der Waals surface area contributed by atoms with Crippen molar-refractivity contribution in [1.29, 1.82) is 0 Å². The van der Waals surface area contributed by atoms with E-state index in [4.69, 9.17) is 21.7 Å². The molecule has 2 aliphatic rings. The fourth-order valence-corrected chi connectivity index (χ4v) is 6.10. The van der Waals surface area contributed by atoms with Crippen LogP contribution in [0.1, 0.15) is 18.4 Å². The number of hydrogen-bond acceptors (Lipinski definition) is 8. The number of thiophene rings is 1. The highest BCUT2D eigenvalue weighted by Crippen LogP contribution is 2.39. The van der Waals surface area contributed by atoms with Crippen LogP contribution in [-0.4, -0.2) is 70.3 Å². The molecule has 9 nitrogen and oxygen atoms in total. The first-order valence-electron chi connectivity index (χ1n) is 13.4. The van der Waals surface area contributed by atoms with Gasteiger partial charge < -0.3 is 25.0 Å². The predicted molar refractivity (Wildman–Crippen MR) is 161 cm³/mol. The molecular weight excluding hydrogens is 563 g/mol. The molecule has 1 saturated carbocycles. The van der Waals surface area contributed by atoms with E-state index in [-0.39, 0.29) is 11.8 Å². The van der Waals surface area contributed by atoms with E-state index in [2.05, 4.69) is 25.5 Å². The Kier molecular flexibility index (Phi) is 8.06. The van der Waals surface area contributed by atoms with Crippen LogP contribution in [0.2, 0.25) is 0 Å². The number of hydrogen-bond donors (Lipinski definition) is 2. The standard InChI is InChI=1S/C29H29FN6O3S2/c1-38-13-10-31-16-18-2-6-22(33-17-18)26-15-23-27(41-26)25(8-9-32-23)39-24-7-3-19(14-21(24)30)34-28(37)36-12-11-35(29(36)40)20-4-5-20/h2-3,6-9,14-15,17,20,31H,4-5,10-13,16H2,1H3,(H,34,37). The molecule has 4 aromatic rings. The number of methoxy groups -OCH3 is 1. The van der Waals surface area contributed by atoms with Crippen LogP contribution in [0.3, 0.4) is 0 Å². The second-order valence-electron chi connectivity index (χ2n) is 9.89. The van der Waals surface area contributed by atoms with Crippen molar-refractivity contribution >= 4 is 50.6 Å². The van der Waals surface area contributed by atoms with Crippen molar-refractivity contribution in [3.05, 3.63) is 66.2 Å². The first kappa shape index (κ1) is 27.5. The summed E-state index contributed by atoms with van der Waals surface area (Å²) in [4.78, 5) is 26.4. The number of anilines is 1. The summed E-state index contributed by atoms with van der Waals surface area (Å²) in [7, 11) is 1.68. The number of nitrogens with one attached hydrogen (secondary N) is 2. The van der Waals surface area contributed by atoms with Gasteiger partial charge in [-0.2, -0.15) is 0 Å². The zero-order valence-electron chi connectivity index (χ0n) is 22.4. The number of halogens is 1. The lowest BCUT2D eigenvalue weighted by Gasteiger charge is -2.20. The van der Waals surface area contributed by atoms with E-state index in [1.807, 2.05) is 24.4 Å². The molecule has 1 aromatic carbocycles. The van der Waals surface area contributed by atoms with E-state index < -0.39 is 5.82 Å². The van der Waals surface area contributed by atoms with E-state index in [9.17, 15) is 4.79 Å². The zero-order chi connectivity index (χ0) is 28.3. The van der Waals surface area contributed by atoms with Gasteiger partial charge >= 0.3 is 6.03 Å². The fourth-order valence-electron chi connectivity index (χ4n) is 4.64. The maximum absolute atomic E-state index is 15.1. The van der Waals surface area contributed by atoms with Crippen LogP contribution in [0.15, 0.2) is 54.9 Å². The first-order valence-corrected chi connectivity index (χ1v) is 14.6. The third kappa shape index (κ3) is 6.15.